The summed E-state index contributed by atoms with van der Waals surface area (Å²) in [4.78, 5) is 21.5. The quantitative estimate of drug-likeness (QED) is 0.867. The van der Waals surface area contributed by atoms with Gasteiger partial charge in [0.1, 0.15) is 0 Å². The molecule has 1 aliphatic heterocycles. The predicted octanol–water partition coefficient (Wildman–Crippen LogP) is 1.71. The summed E-state index contributed by atoms with van der Waals surface area (Å²) in [6, 6.07) is 0. The molecule has 21 heavy (non-hydrogen) atoms. The van der Waals surface area contributed by atoms with Crippen LogP contribution in [0.15, 0.2) is 6.20 Å². The Labute approximate surface area is 148 Å². The minimum atomic E-state index is 0. The van der Waals surface area contributed by atoms with Crippen molar-refractivity contribution in [3.8, 4) is 0 Å². The Morgan fingerprint density at radius 1 is 1.29 bits per heavy atom. The molecule has 1 aliphatic rings. The van der Waals surface area contributed by atoms with Gasteiger partial charge in [0.15, 0.2) is 0 Å². The van der Waals surface area contributed by atoms with E-state index in [1.807, 2.05) is 18.0 Å². The van der Waals surface area contributed by atoms with Gasteiger partial charge in [-0.25, -0.2) is 4.98 Å². The maximum absolute atomic E-state index is 11.7. The maximum Gasteiger partial charge on any atom is 0.223 e. The van der Waals surface area contributed by atoms with Crippen molar-refractivity contribution < 1.29 is 4.79 Å². The average molecular weight is 378 g/mol. The summed E-state index contributed by atoms with van der Waals surface area (Å²) in [5.74, 6) is 0.186. The fourth-order valence-corrected chi connectivity index (χ4v) is 2.97. The summed E-state index contributed by atoms with van der Waals surface area (Å²) in [7, 11) is 0. The molecular formula is C12H23Cl3N4OS. The van der Waals surface area contributed by atoms with Crippen molar-refractivity contribution in [1.29, 1.82) is 0 Å². The maximum atomic E-state index is 11.7. The van der Waals surface area contributed by atoms with E-state index in [0.717, 1.165) is 37.7 Å². The summed E-state index contributed by atoms with van der Waals surface area (Å²) in [5.41, 5.74) is 5.40. The molecule has 9 heteroatoms. The highest BCUT2D eigenvalue weighted by molar-refractivity contribution is 7.11. The van der Waals surface area contributed by atoms with Crippen molar-refractivity contribution in [2.45, 2.75) is 19.9 Å². The van der Waals surface area contributed by atoms with Gasteiger partial charge in [0.25, 0.3) is 0 Å². The summed E-state index contributed by atoms with van der Waals surface area (Å²) in [5, 5.41) is 1.11. The zero-order chi connectivity index (χ0) is 13.0. The smallest absolute Gasteiger partial charge is 0.223 e. The largest absolute Gasteiger partial charge is 0.340 e. The van der Waals surface area contributed by atoms with E-state index in [2.05, 4.69) is 9.88 Å². The summed E-state index contributed by atoms with van der Waals surface area (Å²) < 4.78 is 0. The lowest BCUT2D eigenvalue weighted by molar-refractivity contribution is -0.132. The van der Waals surface area contributed by atoms with Crippen LogP contribution in [-0.4, -0.2) is 53.4 Å². The first kappa shape index (κ1) is 23.2. The van der Waals surface area contributed by atoms with E-state index < -0.39 is 0 Å². The number of thiazole rings is 1. The first-order valence-corrected chi connectivity index (χ1v) is 7.12. The predicted molar refractivity (Wildman–Crippen MR) is 94.1 cm³/mol. The molecule has 124 valence electrons. The van der Waals surface area contributed by atoms with Gasteiger partial charge >= 0.3 is 0 Å². The number of rotatable bonds is 4. The number of aryl methyl sites for hydroxylation is 1. The fourth-order valence-electron chi connectivity index (χ4n) is 2.14. The van der Waals surface area contributed by atoms with Gasteiger partial charge < -0.3 is 10.6 Å². The second-order valence-electron chi connectivity index (χ2n) is 4.54. The number of piperazine rings is 1. The third-order valence-electron chi connectivity index (χ3n) is 3.13. The van der Waals surface area contributed by atoms with E-state index in [4.69, 9.17) is 5.73 Å². The second-order valence-corrected chi connectivity index (χ2v) is 5.86. The van der Waals surface area contributed by atoms with Gasteiger partial charge in [0.2, 0.25) is 5.91 Å². The van der Waals surface area contributed by atoms with Crippen molar-refractivity contribution in [2.24, 2.45) is 5.73 Å². The Morgan fingerprint density at radius 3 is 2.38 bits per heavy atom. The van der Waals surface area contributed by atoms with Crippen LogP contribution in [0.5, 0.6) is 0 Å². The molecule has 1 aromatic heterocycles. The van der Waals surface area contributed by atoms with Gasteiger partial charge in [0, 0.05) is 56.8 Å². The number of hydrogen-bond acceptors (Lipinski definition) is 5. The average Bonchev–Trinajstić information content (AvgIpc) is 2.76. The first-order chi connectivity index (χ1) is 8.69. The van der Waals surface area contributed by atoms with Gasteiger partial charge in [0.05, 0.1) is 5.01 Å². The SMILES string of the molecule is Cc1ncc(CN2CCN(C(=O)CCN)CC2)s1.Cl.Cl.Cl. The molecule has 0 spiro atoms. The summed E-state index contributed by atoms with van der Waals surface area (Å²) >= 11 is 1.75. The van der Waals surface area contributed by atoms with E-state index in [0.29, 0.717) is 13.0 Å². The third-order valence-corrected chi connectivity index (χ3v) is 4.03. The molecule has 0 atom stereocenters. The van der Waals surface area contributed by atoms with Crippen LogP contribution in [0, 0.1) is 6.92 Å². The van der Waals surface area contributed by atoms with E-state index >= 15 is 0 Å². The third kappa shape index (κ3) is 7.13. The molecule has 1 saturated heterocycles. The number of halogens is 3. The summed E-state index contributed by atoms with van der Waals surface area (Å²) in [6.45, 7) is 6.93. The Morgan fingerprint density at radius 2 is 1.90 bits per heavy atom. The lowest BCUT2D eigenvalue weighted by atomic mass is 10.2. The molecule has 1 fully saturated rings. The van der Waals surface area contributed by atoms with Crippen LogP contribution in [0.25, 0.3) is 0 Å². The van der Waals surface area contributed by atoms with E-state index in [1.54, 1.807) is 11.3 Å². The molecule has 2 rings (SSSR count). The normalized spacial score (nSPS) is 14.7. The van der Waals surface area contributed by atoms with Crippen molar-refractivity contribution >= 4 is 54.5 Å². The van der Waals surface area contributed by atoms with Crippen molar-refractivity contribution in [1.82, 2.24) is 14.8 Å². The van der Waals surface area contributed by atoms with Crippen molar-refractivity contribution in [3.05, 3.63) is 16.1 Å². The molecule has 0 bridgehead atoms. The molecule has 0 aromatic carbocycles. The van der Waals surface area contributed by atoms with Gasteiger partial charge in [-0.2, -0.15) is 0 Å². The molecule has 0 unspecified atom stereocenters. The number of aromatic nitrogens is 1. The Kier molecular flexibility index (Phi) is 12.6. The number of nitrogens with zero attached hydrogens (tertiary/aromatic N) is 3. The number of nitrogens with two attached hydrogens (primary N) is 1. The highest BCUT2D eigenvalue weighted by atomic mass is 35.5. The van der Waals surface area contributed by atoms with E-state index in [1.165, 1.54) is 4.88 Å². The Balaban J connectivity index is 0. The summed E-state index contributed by atoms with van der Waals surface area (Å²) in [6.07, 6.45) is 2.42. The Hall–Kier alpha value is -0.110. The van der Waals surface area contributed by atoms with Crippen LogP contribution in [0.3, 0.4) is 0 Å². The van der Waals surface area contributed by atoms with Gasteiger partial charge in [-0.3, -0.25) is 9.69 Å². The number of hydrogen-bond donors (Lipinski definition) is 1. The Bertz CT molecular complexity index is 411. The lowest BCUT2D eigenvalue weighted by Crippen LogP contribution is -2.48. The van der Waals surface area contributed by atoms with Crippen molar-refractivity contribution in [3.63, 3.8) is 0 Å². The molecule has 0 aliphatic carbocycles. The number of carbonyl (C=O) groups is 1. The molecule has 2 heterocycles. The van der Waals surface area contributed by atoms with E-state index in [-0.39, 0.29) is 43.1 Å². The zero-order valence-corrected chi connectivity index (χ0v) is 15.3. The van der Waals surface area contributed by atoms with Gasteiger partial charge in [-0.1, -0.05) is 0 Å². The van der Waals surface area contributed by atoms with Crippen LogP contribution in [0.2, 0.25) is 0 Å². The first-order valence-electron chi connectivity index (χ1n) is 6.30. The molecular weight excluding hydrogens is 355 g/mol. The van der Waals surface area contributed by atoms with Crippen LogP contribution < -0.4 is 5.73 Å². The van der Waals surface area contributed by atoms with Crippen molar-refractivity contribution in [2.75, 3.05) is 32.7 Å². The van der Waals surface area contributed by atoms with Crippen LogP contribution in [-0.2, 0) is 11.3 Å². The molecule has 0 radical (unpaired) electrons. The topological polar surface area (TPSA) is 62.5 Å². The second kappa shape index (κ2) is 11.5. The van der Waals surface area contributed by atoms with Gasteiger partial charge in [-0.05, 0) is 6.92 Å². The highest BCUT2D eigenvalue weighted by Gasteiger charge is 2.20. The monoisotopic (exact) mass is 376 g/mol. The standard InChI is InChI=1S/C12H20N4OS.3ClH/c1-10-14-8-11(18-10)9-15-4-6-16(7-5-15)12(17)2-3-13;;;/h8H,2-7,9,13H2,1H3;3*1H. The molecule has 5 nitrogen and oxygen atoms in total. The van der Waals surface area contributed by atoms with Gasteiger partial charge in [-0.15, -0.1) is 48.6 Å². The number of carbonyl (C=O) groups excluding carboxylic acids is 1. The molecule has 2 N–H and O–H groups in total. The van der Waals surface area contributed by atoms with Crippen LogP contribution in [0.1, 0.15) is 16.3 Å². The number of amides is 1. The minimum Gasteiger partial charge on any atom is -0.340 e. The van der Waals surface area contributed by atoms with Crippen LogP contribution in [0.4, 0.5) is 0 Å². The molecule has 1 aromatic rings. The fraction of sp³-hybridized carbons (Fsp3) is 0.667. The highest BCUT2D eigenvalue weighted by Crippen LogP contribution is 2.15. The van der Waals surface area contributed by atoms with E-state index in [9.17, 15) is 4.79 Å². The zero-order valence-electron chi connectivity index (χ0n) is 12.0. The molecule has 0 saturated carbocycles. The van der Waals surface area contributed by atoms with Crippen LogP contribution >= 0.6 is 48.6 Å². The minimum absolute atomic E-state index is 0. The molecule has 1 amide bonds. The lowest BCUT2D eigenvalue weighted by Gasteiger charge is -2.34.